The van der Waals surface area contributed by atoms with Crippen molar-refractivity contribution < 1.29 is 76.1 Å². The molecule has 0 aromatic heterocycles. The minimum atomic E-state index is -7.39. The van der Waals surface area contributed by atoms with Gasteiger partial charge in [-0.15, -0.1) is 0 Å². The average Bonchev–Trinajstić information content (AvgIpc) is 2.43. The highest BCUT2D eigenvalue weighted by atomic mass is 19.4. The maximum atomic E-state index is 13.5. The van der Waals surface area contributed by atoms with Crippen LogP contribution < -0.4 is 0 Å². The minimum Gasteiger partial charge on any atom is -0.464 e. The van der Waals surface area contributed by atoms with E-state index in [1.165, 1.54) is 0 Å². The predicted octanol–water partition coefficient (Wildman–Crippen LogP) is 4.28. The van der Waals surface area contributed by atoms with Gasteiger partial charge in [-0.2, -0.15) is 57.1 Å². The summed E-state index contributed by atoms with van der Waals surface area (Å²) >= 11 is 0. The summed E-state index contributed by atoms with van der Waals surface area (Å²) in [7, 11) is 0.000685. The Bertz CT molecular complexity index is 564. The van der Waals surface area contributed by atoms with Crippen LogP contribution >= 0.6 is 0 Å². The molecule has 0 N–H and O–H groups in total. The maximum Gasteiger partial charge on any atom is 0.471 e. The molecule has 0 saturated heterocycles. The van der Waals surface area contributed by atoms with Crippen LogP contribution in [0, 0.1) is 0 Å². The van der Waals surface area contributed by atoms with E-state index in [2.05, 4.69) is 4.74 Å². The van der Waals surface area contributed by atoms with Crippen molar-refractivity contribution in [2.45, 2.75) is 30.2 Å². The Kier molecular flexibility index (Phi) is 6.47. The molecule has 0 aromatic rings. The second-order valence-corrected chi connectivity index (χ2v) is 3.93. The Balaban J connectivity index is 6.22. The van der Waals surface area contributed by atoms with Crippen LogP contribution in [0.5, 0.6) is 0 Å². The fourth-order valence-electron chi connectivity index (χ4n) is 0.987. The largest absolute Gasteiger partial charge is 0.471 e. The van der Waals surface area contributed by atoms with Gasteiger partial charge in [-0.3, -0.25) is 4.74 Å². The lowest BCUT2D eigenvalue weighted by molar-refractivity contribution is -0.513. The van der Waals surface area contributed by atoms with Gasteiger partial charge < -0.3 is 9.47 Å². The molecule has 0 aliphatic rings. The highest BCUT2D eigenvalue weighted by Crippen LogP contribution is 2.52. The summed E-state index contributed by atoms with van der Waals surface area (Å²) in [5.41, 5.74) is 0. The normalized spacial score (nSPS) is 15.9. The lowest BCUT2D eigenvalue weighted by Gasteiger charge is -2.36. The van der Waals surface area contributed by atoms with Crippen LogP contribution in [0.2, 0.25) is 0 Å². The van der Waals surface area contributed by atoms with Gasteiger partial charge in [0.2, 0.25) is 0 Å². The van der Waals surface area contributed by atoms with Gasteiger partial charge >= 0.3 is 48.2 Å². The zero-order valence-corrected chi connectivity index (χ0v) is 11.5. The van der Waals surface area contributed by atoms with Crippen LogP contribution in [0.1, 0.15) is 0 Å². The van der Waals surface area contributed by atoms with Gasteiger partial charge in [0.1, 0.15) is 0 Å². The topological polar surface area (TPSA) is 44.8 Å². The Hall–Kier alpha value is -1.94. The van der Waals surface area contributed by atoms with E-state index in [0.29, 0.717) is 0 Å². The first-order valence-electron chi connectivity index (χ1n) is 5.34. The van der Waals surface area contributed by atoms with Crippen LogP contribution in [0.15, 0.2) is 12.1 Å². The summed E-state index contributed by atoms with van der Waals surface area (Å²) < 4.78 is 171. The molecule has 0 unspecified atom stereocenters. The first-order valence-corrected chi connectivity index (χ1v) is 5.34. The molecule has 0 rings (SSSR count). The van der Waals surface area contributed by atoms with Gasteiger partial charge in [0.25, 0.3) is 0 Å². The highest BCUT2D eigenvalue weighted by molar-refractivity contribution is 5.78. The Morgan fingerprint density at radius 3 is 1.50 bits per heavy atom. The zero-order chi connectivity index (χ0) is 21.4. The molecule has 1 atom stereocenters. The Morgan fingerprint density at radius 1 is 0.769 bits per heavy atom. The fraction of sp³-hybridized carbons (Fsp3) is 0.667. The first-order chi connectivity index (χ1) is 11.3. The van der Waals surface area contributed by atoms with Crippen molar-refractivity contribution in [1.29, 1.82) is 0 Å². The summed E-state index contributed by atoms with van der Waals surface area (Å²) in [6.45, 7) is 0. The molecule has 0 aromatic carbocycles. The Morgan fingerprint density at radius 2 is 1.19 bits per heavy atom. The number of rotatable bonds is 7. The zero-order valence-electron chi connectivity index (χ0n) is 11.5. The number of ether oxygens (including phenoxy) is 3. The van der Waals surface area contributed by atoms with Gasteiger partial charge in [-0.1, -0.05) is 0 Å². The number of carbonyl (C=O) groups is 1. The summed E-state index contributed by atoms with van der Waals surface area (Å²) in [6.07, 6.45) is -25.4. The van der Waals surface area contributed by atoms with Crippen LogP contribution in [-0.4, -0.2) is 43.2 Å². The third kappa shape index (κ3) is 4.24. The van der Waals surface area contributed by atoms with E-state index >= 15 is 0 Å². The van der Waals surface area contributed by atoms with Gasteiger partial charge in [0, 0.05) is 0 Å². The number of esters is 1. The third-order valence-electron chi connectivity index (χ3n) is 2.18. The van der Waals surface area contributed by atoms with Crippen LogP contribution in [0.3, 0.4) is 0 Å². The average molecular weight is 422 g/mol. The van der Waals surface area contributed by atoms with Gasteiger partial charge in [0.15, 0.2) is 0 Å². The van der Waals surface area contributed by atoms with Crippen molar-refractivity contribution in [2.75, 3.05) is 7.11 Å². The predicted molar refractivity (Wildman–Crippen MR) is 49.3 cm³/mol. The molecule has 0 aliphatic heterocycles. The van der Waals surface area contributed by atoms with Gasteiger partial charge in [0.05, 0.1) is 7.11 Å². The van der Waals surface area contributed by atoms with E-state index in [1.807, 2.05) is 4.74 Å². The Labute approximate surface area is 133 Å². The SMILES string of the molecule is COC(=O)C(F)(F)C(F)(F)O[C@@](F)(C(F)(F)F)C(F)(F)OC(F)=C(F)F. The van der Waals surface area contributed by atoms with Gasteiger partial charge in [-0.25, -0.2) is 4.79 Å². The molecule has 0 amide bonds. The fourth-order valence-corrected chi connectivity index (χ4v) is 0.987. The molecule has 0 heterocycles. The number of hydrogen-bond donors (Lipinski definition) is 0. The van der Waals surface area contributed by atoms with Gasteiger partial charge in [-0.05, 0) is 0 Å². The quantitative estimate of drug-likeness (QED) is 0.349. The highest BCUT2D eigenvalue weighted by Gasteiger charge is 2.82. The van der Waals surface area contributed by atoms with Crippen molar-refractivity contribution in [3.8, 4) is 0 Å². The number of hydrogen-bond acceptors (Lipinski definition) is 4. The molecule has 0 saturated carbocycles. The monoisotopic (exact) mass is 422 g/mol. The van der Waals surface area contributed by atoms with Crippen LogP contribution in [0.25, 0.3) is 0 Å². The molecule has 0 aliphatic carbocycles. The van der Waals surface area contributed by atoms with Crippen LogP contribution in [-0.2, 0) is 19.0 Å². The molecule has 26 heavy (non-hydrogen) atoms. The van der Waals surface area contributed by atoms with E-state index in [4.69, 9.17) is 0 Å². The van der Waals surface area contributed by atoms with Crippen molar-refractivity contribution in [3.05, 3.63) is 12.1 Å². The minimum absolute atomic E-state index is 0.000685. The number of alkyl halides is 10. The lowest BCUT2D eigenvalue weighted by Crippen LogP contribution is -2.64. The molecule has 0 fully saturated rings. The molecular formula is C9H3F13O4. The molecular weight excluding hydrogens is 419 g/mol. The number of carbonyl (C=O) groups excluding carboxylic acids is 1. The van der Waals surface area contributed by atoms with E-state index in [-0.39, 0.29) is 7.11 Å². The first kappa shape index (κ1) is 24.1. The third-order valence-corrected chi connectivity index (χ3v) is 2.18. The standard InChI is InChI=1S/C9H3F13O4/c1-24-4(23)5(13,14)8(19,20)26-6(15,7(16,17)18)9(21,22)25-3(12)2(10)11/h1H3/t6-/m0/s1. The van der Waals surface area contributed by atoms with Crippen molar-refractivity contribution in [2.24, 2.45) is 0 Å². The summed E-state index contributed by atoms with van der Waals surface area (Å²) in [6, 6.07) is -3.87. The molecule has 4 nitrogen and oxygen atoms in total. The molecule has 0 radical (unpaired) electrons. The van der Waals surface area contributed by atoms with E-state index < -0.39 is 48.2 Å². The molecule has 17 heteroatoms. The van der Waals surface area contributed by atoms with Crippen molar-refractivity contribution >= 4 is 5.97 Å². The number of halogens is 13. The molecule has 154 valence electrons. The smallest absolute Gasteiger partial charge is 0.464 e. The number of methoxy groups -OCH3 is 1. The summed E-state index contributed by atoms with van der Waals surface area (Å²) in [5.74, 6) is -17.1. The molecule has 0 bridgehead atoms. The summed E-state index contributed by atoms with van der Waals surface area (Å²) in [5, 5.41) is 0. The molecule has 0 spiro atoms. The van der Waals surface area contributed by atoms with E-state index in [9.17, 15) is 61.9 Å². The maximum absolute atomic E-state index is 13.5. The van der Waals surface area contributed by atoms with Crippen molar-refractivity contribution in [1.82, 2.24) is 0 Å². The second kappa shape index (κ2) is 6.99. The van der Waals surface area contributed by atoms with E-state index in [1.54, 1.807) is 4.74 Å². The second-order valence-electron chi connectivity index (χ2n) is 3.93. The summed E-state index contributed by atoms with van der Waals surface area (Å²) in [4.78, 5) is 10.4. The van der Waals surface area contributed by atoms with Crippen LogP contribution in [0.4, 0.5) is 57.1 Å². The van der Waals surface area contributed by atoms with Crippen molar-refractivity contribution in [3.63, 3.8) is 0 Å². The lowest BCUT2D eigenvalue weighted by atomic mass is 10.2. The van der Waals surface area contributed by atoms with E-state index in [0.717, 1.165) is 0 Å².